The van der Waals surface area contributed by atoms with Crippen LogP contribution in [-0.2, 0) is 13.0 Å². The Labute approximate surface area is 92.2 Å². The van der Waals surface area contributed by atoms with E-state index in [1.165, 1.54) is 0 Å². The summed E-state index contributed by atoms with van der Waals surface area (Å²) in [6.07, 6.45) is 4.23. The molecule has 4 nitrogen and oxygen atoms in total. The van der Waals surface area contributed by atoms with Crippen LogP contribution >= 0.6 is 11.3 Å². The van der Waals surface area contributed by atoms with Crippen molar-refractivity contribution in [2.75, 3.05) is 0 Å². The summed E-state index contributed by atoms with van der Waals surface area (Å²) in [6, 6.07) is 0. The van der Waals surface area contributed by atoms with Crippen molar-refractivity contribution in [2.24, 2.45) is 5.73 Å². The van der Waals surface area contributed by atoms with Crippen molar-refractivity contribution < 1.29 is 0 Å². The first-order valence-corrected chi connectivity index (χ1v) is 5.57. The van der Waals surface area contributed by atoms with E-state index in [1.54, 1.807) is 23.7 Å². The minimum absolute atomic E-state index is 0.483. The van der Waals surface area contributed by atoms with Crippen molar-refractivity contribution >= 4 is 11.3 Å². The van der Waals surface area contributed by atoms with Crippen LogP contribution in [0.4, 0.5) is 0 Å². The summed E-state index contributed by atoms with van der Waals surface area (Å²) in [6.45, 7) is 2.47. The number of aromatic nitrogens is 3. The SMILES string of the molecule is Cc1csc(Cc2ncc(CN)cn2)n1. The molecule has 0 radical (unpaired) electrons. The monoisotopic (exact) mass is 220 g/mol. The molecule has 15 heavy (non-hydrogen) atoms. The number of rotatable bonds is 3. The zero-order valence-electron chi connectivity index (χ0n) is 8.47. The smallest absolute Gasteiger partial charge is 0.135 e. The van der Waals surface area contributed by atoms with Gasteiger partial charge in [-0.3, -0.25) is 0 Å². The van der Waals surface area contributed by atoms with Crippen LogP contribution in [0.3, 0.4) is 0 Å². The summed E-state index contributed by atoms with van der Waals surface area (Å²) in [7, 11) is 0. The molecule has 5 heteroatoms. The number of hydrogen-bond acceptors (Lipinski definition) is 5. The van der Waals surface area contributed by atoms with Gasteiger partial charge in [0.1, 0.15) is 10.8 Å². The average Bonchev–Trinajstić information content (AvgIpc) is 2.65. The fourth-order valence-corrected chi connectivity index (χ4v) is 1.97. The van der Waals surface area contributed by atoms with E-state index in [4.69, 9.17) is 5.73 Å². The minimum Gasteiger partial charge on any atom is -0.326 e. The number of hydrogen-bond donors (Lipinski definition) is 1. The second kappa shape index (κ2) is 4.46. The zero-order chi connectivity index (χ0) is 10.7. The Morgan fingerprint density at radius 3 is 2.60 bits per heavy atom. The molecule has 0 aliphatic heterocycles. The van der Waals surface area contributed by atoms with E-state index in [1.807, 2.05) is 12.3 Å². The Morgan fingerprint density at radius 2 is 2.07 bits per heavy atom. The molecule has 2 heterocycles. The Morgan fingerprint density at radius 1 is 1.33 bits per heavy atom. The third kappa shape index (κ3) is 2.57. The largest absolute Gasteiger partial charge is 0.326 e. The van der Waals surface area contributed by atoms with Gasteiger partial charge >= 0.3 is 0 Å². The lowest BCUT2D eigenvalue weighted by Gasteiger charge is -1.98. The van der Waals surface area contributed by atoms with E-state index in [9.17, 15) is 0 Å². The first-order chi connectivity index (χ1) is 7.28. The Bertz CT molecular complexity index is 435. The van der Waals surface area contributed by atoms with Crippen LogP contribution in [0.1, 0.15) is 22.1 Å². The predicted molar refractivity (Wildman–Crippen MR) is 59.6 cm³/mol. The molecule has 0 unspecified atom stereocenters. The highest BCUT2D eigenvalue weighted by molar-refractivity contribution is 7.09. The van der Waals surface area contributed by atoms with Gasteiger partial charge in [0.2, 0.25) is 0 Å². The molecule has 0 aliphatic carbocycles. The van der Waals surface area contributed by atoms with Gasteiger partial charge in [-0.1, -0.05) is 0 Å². The lowest BCUT2D eigenvalue weighted by molar-refractivity contribution is 0.916. The standard InChI is InChI=1S/C10H12N4S/c1-7-6-15-10(14-7)2-9-12-4-8(3-11)5-13-9/h4-6H,2-3,11H2,1H3. The highest BCUT2D eigenvalue weighted by atomic mass is 32.1. The van der Waals surface area contributed by atoms with Crippen molar-refractivity contribution in [1.29, 1.82) is 0 Å². The number of nitrogens with zero attached hydrogens (tertiary/aromatic N) is 3. The molecule has 78 valence electrons. The second-order valence-electron chi connectivity index (χ2n) is 3.27. The van der Waals surface area contributed by atoms with Crippen LogP contribution in [0.5, 0.6) is 0 Å². The maximum absolute atomic E-state index is 5.47. The van der Waals surface area contributed by atoms with Crippen molar-refractivity contribution in [3.05, 3.63) is 39.9 Å². The summed E-state index contributed by atoms with van der Waals surface area (Å²) in [5.41, 5.74) is 7.47. The van der Waals surface area contributed by atoms with Crippen molar-refractivity contribution in [1.82, 2.24) is 15.0 Å². The topological polar surface area (TPSA) is 64.7 Å². The third-order valence-electron chi connectivity index (χ3n) is 1.97. The van der Waals surface area contributed by atoms with E-state index in [-0.39, 0.29) is 0 Å². The molecule has 0 atom stereocenters. The molecule has 2 rings (SSSR count). The Hall–Kier alpha value is -1.33. The van der Waals surface area contributed by atoms with Crippen LogP contribution in [0.15, 0.2) is 17.8 Å². The van der Waals surface area contributed by atoms with Gasteiger partial charge in [-0.25, -0.2) is 15.0 Å². The summed E-state index contributed by atoms with van der Waals surface area (Å²) >= 11 is 1.64. The van der Waals surface area contributed by atoms with Gasteiger partial charge in [0.25, 0.3) is 0 Å². The number of thiazole rings is 1. The summed E-state index contributed by atoms with van der Waals surface area (Å²) < 4.78 is 0. The molecule has 2 N–H and O–H groups in total. The van der Waals surface area contributed by atoms with Crippen molar-refractivity contribution in [3.8, 4) is 0 Å². The molecule has 0 bridgehead atoms. The van der Waals surface area contributed by atoms with Gasteiger partial charge in [0.15, 0.2) is 0 Å². The first kappa shape index (κ1) is 10.2. The molecule has 2 aromatic rings. The van der Waals surface area contributed by atoms with E-state index in [2.05, 4.69) is 15.0 Å². The van der Waals surface area contributed by atoms with Gasteiger partial charge in [-0.05, 0) is 6.92 Å². The molecule has 0 saturated carbocycles. The highest BCUT2D eigenvalue weighted by Gasteiger charge is 2.02. The molecular formula is C10H12N4S. The van der Waals surface area contributed by atoms with Crippen LogP contribution in [0, 0.1) is 6.92 Å². The van der Waals surface area contributed by atoms with E-state index >= 15 is 0 Å². The summed E-state index contributed by atoms with van der Waals surface area (Å²) in [5, 5.41) is 3.08. The zero-order valence-corrected chi connectivity index (χ0v) is 9.29. The quantitative estimate of drug-likeness (QED) is 0.846. The Kier molecular flexibility index (Phi) is 3.03. The highest BCUT2D eigenvalue weighted by Crippen LogP contribution is 2.11. The van der Waals surface area contributed by atoms with Crippen LogP contribution in [-0.4, -0.2) is 15.0 Å². The average molecular weight is 220 g/mol. The van der Waals surface area contributed by atoms with Crippen molar-refractivity contribution in [3.63, 3.8) is 0 Å². The fraction of sp³-hybridized carbons (Fsp3) is 0.300. The summed E-state index contributed by atoms with van der Waals surface area (Å²) in [4.78, 5) is 12.8. The molecule has 0 saturated heterocycles. The first-order valence-electron chi connectivity index (χ1n) is 4.69. The van der Waals surface area contributed by atoms with E-state index < -0.39 is 0 Å². The van der Waals surface area contributed by atoms with Crippen LogP contribution in [0.25, 0.3) is 0 Å². The van der Waals surface area contributed by atoms with Gasteiger partial charge in [-0.2, -0.15) is 0 Å². The van der Waals surface area contributed by atoms with Gasteiger partial charge in [0, 0.05) is 35.6 Å². The molecule has 0 aromatic carbocycles. The fourth-order valence-electron chi connectivity index (χ4n) is 1.20. The minimum atomic E-state index is 0.483. The summed E-state index contributed by atoms with van der Waals surface area (Å²) in [5.74, 6) is 0.793. The van der Waals surface area contributed by atoms with E-state index in [0.717, 1.165) is 22.1 Å². The second-order valence-corrected chi connectivity index (χ2v) is 4.21. The van der Waals surface area contributed by atoms with E-state index in [0.29, 0.717) is 13.0 Å². The molecule has 2 aromatic heterocycles. The molecule has 0 amide bonds. The Balaban J connectivity index is 2.11. The molecular weight excluding hydrogens is 208 g/mol. The lowest BCUT2D eigenvalue weighted by Crippen LogP contribution is -2.01. The predicted octanol–water partition coefficient (Wildman–Crippen LogP) is 1.29. The van der Waals surface area contributed by atoms with Crippen LogP contribution in [0.2, 0.25) is 0 Å². The number of aryl methyl sites for hydroxylation is 1. The molecule has 0 spiro atoms. The molecule has 0 aliphatic rings. The lowest BCUT2D eigenvalue weighted by atomic mass is 10.3. The normalized spacial score (nSPS) is 10.5. The molecule has 0 fully saturated rings. The van der Waals surface area contributed by atoms with Crippen LogP contribution < -0.4 is 5.73 Å². The van der Waals surface area contributed by atoms with Gasteiger partial charge in [-0.15, -0.1) is 11.3 Å². The van der Waals surface area contributed by atoms with Gasteiger partial charge in [0.05, 0.1) is 6.42 Å². The van der Waals surface area contributed by atoms with Gasteiger partial charge < -0.3 is 5.73 Å². The van der Waals surface area contributed by atoms with Crippen molar-refractivity contribution in [2.45, 2.75) is 19.9 Å². The third-order valence-corrected chi connectivity index (χ3v) is 2.94. The number of nitrogens with two attached hydrogens (primary N) is 1. The maximum atomic E-state index is 5.47. The maximum Gasteiger partial charge on any atom is 0.135 e.